The van der Waals surface area contributed by atoms with E-state index in [2.05, 4.69) is 25.5 Å². The van der Waals surface area contributed by atoms with E-state index in [4.69, 9.17) is 5.73 Å². The Hall–Kier alpha value is -4.60. The zero-order valence-electron chi connectivity index (χ0n) is 21.2. The summed E-state index contributed by atoms with van der Waals surface area (Å²) in [7, 11) is 0. The van der Waals surface area contributed by atoms with Gasteiger partial charge in [0.1, 0.15) is 0 Å². The van der Waals surface area contributed by atoms with Crippen LogP contribution in [0, 0.1) is 6.92 Å². The van der Waals surface area contributed by atoms with E-state index in [1.807, 2.05) is 31.3 Å². The summed E-state index contributed by atoms with van der Waals surface area (Å²) in [6, 6.07) is 18.1. The van der Waals surface area contributed by atoms with Crippen LogP contribution >= 0.6 is 0 Å². The number of aryl methyl sites for hydroxylation is 1. The number of amides is 1. The normalized spacial score (nSPS) is 13.1. The molecule has 0 atom stereocenters. The first-order valence-corrected chi connectivity index (χ1v) is 12.4. The Kier molecular flexibility index (Phi) is 7.10. The molecule has 0 spiro atoms. The first-order valence-electron chi connectivity index (χ1n) is 12.4. The summed E-state index contributed by atoms with van der Waals surface area (Å²) >= 11 is 0. The van der Waals surface area contributed by atoms with E-state index in [-0.39, 0.29) is 6.54 Å². The van der Waals surface area contributed by atoms with Crippen LogP contribution in [0.5, 0.6) is 0 Å². The Morgan fingerprint density at radius 3 is 2.56 bits per heavy atom. The first-order chi connectivity index (χ1) is 18.7. The number of nitrogens with one attached hydrogen (secondary N) is 2. The van der Waals surface area contributed by atoms with Gasteiger partial charge < -0.3 is 21.3 Å². The molecule has 1 aliphatic heterocycles. The van der Waals surface area contributed by atoms with E-state index < -0.39 is 17.6 Å². The van der Waals surface area contributed by atoms with Crippen molar-refractivity contribution in [1.82, 2.24) is 9.97 Å². The van der Waals surface area contributed by atoms with E-state index in [1.165, 1.54) is 12.1 Å². The molecular formula is C29H27F3N6O. The average Bonchev–Trinajstić information content (AvgIpc) is 2.92. The van der Waals surface area contributed by atoms with Crippen molar-refractivity contribution in [3.8, 4) is 0 Å². The maximum Gasteiger partial charge on any atom is 0.416 e. The fourth-order valence-corrected chi connectivity index (χ4v) is 4.55. The minimum absolute atomic E-state index is 0.282. The third-order valence-electron chi connectivity index (χ3n) is 6.66. The molecule has 3 aromatic carbocycles. The first kappa shape index (κ1) is 26.0. The number of alkyl halides is 3. The van der Waals surface area contributed by atoms with Gasteiger partial charge in [0.25, 0.3) is 0 Å². The number of aromatic nitrogens is 2. The third-order valence-corrected chi connectivity index (χ3v) is 6.66. The molecule has 0 aliphatic carbocycles. The van der Waals surface area contributed by atoms with Gasteiger partial charge in [-0.3, -0.25) is 4.79 Å². The summed E-state index contributed by atoms with van der Waals surface area (Å²) in [4.78, 5) is 22.7. The molecule has 0 saturated carbocycles. The number of rotatable bonds is 7. The predicted octanol–water partition coefficient (Wildman–Crippen LogP) is 5.82. The van der Waals surface area contributed by atoms with Crippen LogP contribution in [0.2, 0.25) is 0 Å². The number of hydrogen-bond acceptors (Lipinski definition) is 6. The number of hydrogen-bond donors (Lipinski definition) is 3. The van der Waals surface area contributed by atoms with Crippen molar-refractivity contribution >= 4 is 28.9 Å². The summed E-state index contributed by atoms with van der Waals surface area (Å²) < 4.78 is 39.1. The van der Waals surface area contributed by atoms with E-state index in [9.17, 15) is 18.0 Å². The van der Waals surface area contributed by atoms with Crippen LogP contribution in [-0.4, -0.2) is 22.4 Å². The lowest BCUT2D eigenvalue weighted by Gasteiger charge is -2.31. The number of carbonyl (C=O) groups is 1. The van der Waals surface area contributed by atoms with Crippen LogP contribution in [0.3, 0.4) is 0 Å². The highest BCUT2D eigenvalue weighted by Gasteiger charge is 2.30. The third kappa shape index (κ3) is 6.11. The highest BCUT2D eigenvalue weighted by atomic mass is 19.4. The number of primary amides is 1. The fraction of sp³-hybridized carbons (Fsp3) is 0.207. The molecule has 0 radical (unpaired) electrons. The molecule has 1 aliphatic rings. The van der Waals surface area contributed by atoms with Gasteiger partial charge in [0.05, 0.1) is 11.3 Å². The minimum atomic E-state index is -4.37. The number of anilines is 4. The number of carbonyl (C=O) groups excluding carboxylic acids is 1. The zero-order valence-corrected chi connectivity index (χ0v) is 21.2. The van der Waals surface area contributed by atoms with Crippen molar-refractivity contribution in [1.29, 1.82) is 0 Å². The molecule has 1 aromatic heterocycles. The van der Waals surface area contributed by atoms with Gasteiger partial charge in [0, 0.05) is 60.4 Å². The number of nitrogens with zero attached hydrogens (tertiary/aromatic N) is 3. The maximum absolute atomic E-state index is 13.0. The Morgan fingerprint density at radius 2 is 1.82 bits per heavy atom. The van der Waals surface area contributed by atoms with Gasteiger partial charge in [0.15, 0.2) is 0 Å². The average molecular weight is 533 g/mol. The summed E-state index contributed by atoms with van der Waals surface area (Å²) in [5.41, 5.74) is 11.4. The number of nitrogens with two attached hydrogens (primary N) is 1. The van der Waals surface area contributed by atoms with Crippen LogP contribution < -0.4 is 21.3 Å². The lowest BCUT2D eigenvalue weighted by atomic mass is 10.0. The van der Waals surface area contributed by atoms with Crippen LogP contribution in [0.25, 0.3) is 0 Å². The molecule has 0 fully saturated rings. The molecule has 10 heteroatoms. The molecule has 200 valence electrons. The summed E-state index contributed by atoms with van der Waals surface area (Å²) in [6.07, 6.45) is -1.82. The molecule has 2 heterocycles. The predicted molar refractivity (Wildman–Crippen MR) is 145 cm³/mol. The largest absolute Gasteiger partial charge is 0.416 e. The van der Waals surface area contributed by atoms with Gasteiger partial charge in [-0.25, -0.2) is 9.97 Å². The van der Waals surface area contributed by atoms with Gasteiger partial charge in [-0.2, -0.15) is 13.2 Å². The van der Waals surface area contributed by atoms with Crippen LogP contribution in [0.15, 0.2) is 72.9 Å². The second kappa shape index (κ2) is 10.6. The van der Waals surface area contributed by atoms with E-state index >= 15 is 0 Å². The van der Waals surface area contributed by atoms with Crippen LogP contribution in [-0.2, 0) is 25.7 Å². The molecular weight excluding hydrogens is 505 g/mol. The van der Waals surface area contributed by atoms with E-state index in [0.717, 1.165) is 52.9 Å². The Labute approximate surface area is 223 Å². The van der Waals surface area contributed by atoms with Gasteiger partial charge >= 0.3 is 6.18 Å². The maximum atomic E-state index is 13.0. The SMILES string of the molecule is Cc1ccc(NCc2cccc(C(F)(F)F)c2)cc1N1CCc2nc(Nc3ccc(C(N)=O)cc3)ncc2C1. The number of fused-ring (bicyclic) bond motifs is 1. The van der Waals surface area contributed by atoms with E-state index in [1.54, 1.807) is 30.3 Å². The van der Waals surface area contributed by atoms with Gasteiger partial charge in [-0.05, 0) is 66.6 Å². The van der Waals surface area contributed by atoms with Crippen molar-refractivity contribution in [2.24, 2.45) is 5.73 Å². The van der Waals surface area contributed by atoms with Crippen LogP contribution in [0.1, 0.15) is 38.3 Å². The van der Waals surface area contributed by atoms with Crippen molar-refractivity contribution in [2.45, 2.75) is 32.6 Å². The Balaban J connectivity index is 1.26. The highest BCUT2D eigenvalue weighted by molar-refractivity contribution is 5.93. The summed E-state index contributed by atoms with van der Waals surface area (Å²) in [6.45, 7) is 3.72. The topological polar surface area (TPSA) is 96.2 Å². The van der Waals surface area contributed by atoms with E-state index in [0.29, 0.717) is 23.6 Å². The zero-order chi connectivity index (χ0) is 27.6. The van der Waals surface area contributed by atoms with Gasteiger partial charge in [0.2, 0.25) is 11.9 Å². The summed E-state index contributed by atoms with van der Waals surface area (Å²) in [5.74, 6) is -0.00518. The lowest BCUT2D eigenvalue weighted by molar-refractivity contribution is -0.137. The van der Waals surface area contributed by atoms with Crippen molar-refractivity contribution in [2.75, 3.05) is 22.1 Å². The Morgan fingerprint density at radius 1 is 1.05 bits per heavy atom. The van der Waals surface area contributed by atoms with Crippen molar-refractivity contribution in [3.63, 3.8) is 0 Å². The molecule has 5 rings (SSSR count). The molecule has 7 nitrogen and oxygen atoms in total. The summed E-state index contributed by atoms with van der Waals surface area (Å²) in [5, 5.41) is 6.41. The molecule has 0 saturated heterocycles. The van der Waals surface area contributed by atoms with Gasteiger partial charge in [-0.15, -0.1) is 0 Å². The fourth-order valence-electron chi connectivity index (χ4n) is 4.55. The second-order valence-corrected chi connectivity index (χ2v) is 9.46. The molecule has 0 bridgehead atoms. The van der Waals surface area contributed by atoms with Crippen molar-refractivity contribution < 1.29 is 18.0 Å². The molecule has 4 aromatic rings. The molecule has 1 amide bonds. The molecule has 4 N–H and O–H groups in total. The van der Waals surface area contributed by atoms with Gasteiger partial charge in [-0.1, -0.05) is 18.2 Å². The standard InChI is InChI=1S/C29H27F3N6O/c1-18-5-8-24(34-15-19-3-2-4-22(13-19)29(30,31)32)14-26(18)38-12-11-25-21(17-38)16-35-28(37-25)36-23-9-6-20(7-10-23)27(33)39/h2-10,13-14,16,34H,11-12,15,17H2,1H3,(H2,33,39)(H,35,36,37). The highest BCUT2D eigenvalue weighted by Crippen LogP contribution is 2.31. The lowest BCUT2D eigenvalue weighted by Crippen LogP contribution is -2.31. The minimum Gasteiger partial charge on any atom is -0.381 e. The quantitative estimate of drug-likeness (QED) is 0.278. The molecule has 39 heavy (non-hydrogen) atoms. The van der Waals surface area contributed by atoms with Crippen LogP contribution in [0.4, 0.5) is 36.2 Å². The second-order valence-electron chi connectivity index (χ2n) is 9.46. The monoisotopic (exact) mass is 532 g/mol. The number of halogens is 3. The Bertz CT molecular complexity index is 1500. The number of benzene rings is 3. The molecule has 0 unspecified atom stereocenters. The van der Waals surface area contributed by atoms with Crippen molar-refractivity contribution in [3.05, 3.63) is 106 Å². The smallest absolute Gasteiger partial charge is 0.381 e.